The number of hydrogen-bond acceptors (Lipinski definition) is 6. The molecule has 0 saturated carbocycles. The summed E-state index contributed by atoms with van der Waals surface area (Å²) >= 11 is 1.52. The van der Waals surface area contributed by atoms with Crippen molar-refractivity contribution in [3.63, 3.8) is 0 Å². The van der Waals surface area contributed by atoms with E-state index in [1.54, 1.807) is 13.3 Å². The molecule has 0 bridgehead atoms. The number of nitrogens with one attached hydrogen (secondary N) is 2. The number of para-hydroxylation sites is 3. The molecule has 1 saturated heterocycles. The van der Waals surface area contributed by atoms with Gasteiger partial charge in [-0.25, -0.2) is 0 Å². The molecule has 6 nitrogen and oxygen atoms in total. The van der Waals surface area contributed by atoms with Crippen LogP contribution in [0.4, 0.5) is 11.4 Å². The highest BCUT2D eigenvalue weighted by atomic mass is 32.2. The summed E-state index contributed by atoms with van der Waals surface area (Å²) in [7, 11) is 1.66. The van der Waals surface area contributed by atoms with Gasteiger partial charge in [-0.15, -0.1) is 0 Å². The van der Waals surface area contributed by atoms with Crippen LogP contribution in [-0.2, 0) is 0 Å². The predicted octanol–water partition coefficient (Wildman–Crippen LogP) is 5.30. The summed E-state index contributed by atoms with van der Waals surface area (Å²) in [5.74, 6) is 0.855. The predicted molar refractivity (Wildman–Crippen MR) is 134 cm³/mol. The zero-order valence-electron chi connectivity index (χ0n) is 18.2. The number of pyridine rings is 1. The van der Waals surface area contributed by atoms with Crippen molar-refractivity contribution in [2.24, 2.45) is 0 Å². The average molecular weight is 457 g/mol. The minimum Gasteiger partial charge on any atom is -0.495 e. The highest BCUT2D eigenvalue weighted by Crippen LogP contribution is 2.28. The number of amides is 1. The van der Waals surface area contributed by atoms with Crippen LogP contribution in [0.25, 0.3) is 10.9 Å². The minimum atomic E-state index is 0.0468. The third-order valence-electron chi connectivity index (χ3n) is 5.64. The lowest BCUT2D eigenvalue weighted by Crippen LogP contribution is -2.57. The number of rotatable bonds is 7. The molecule has 4 aromatic rings. The number of aromatic nitrogens is 1. The van der Waals surface area contributed by atoms with Gasteiger partial charge in [0.1, 0.15) is 5.75 Å². The molecule has 166 valence electrons. The van der Waals surface area contributed by atoms with E-state index in [1.165, 1.54) is 11.9 Å². The van der Waals surface area contributed by atoms with E-state index >= 15 is 0 Å². The van der Waals surface area contributed by atoms with E-state index in [9.17, 15) is 4.79 Å². The minimum absolute atomic E-state index is 0.0468. The number of anilines is 2. The largest absolute Gasteiger partial charge is 0.495 e. The van der Waals surface area contributed by atoms with Crippen LogP contribution in [0.5, 0.6) is 5.75 Å². The Morgan fingerprint density at radius 3 is 2.61 bits per heavy atom. The van der Waals surface area contributed by atoms with Gasteiger partial charge in [0.15, 0.2) is 0 Å². The van der Waals surface area contributed by atoms with Crippen molar-refractivity contribution < 1.29 is 9.53 Å². The zero-order chi connectivity index (χ0) is 22.6. The van der Waals surface area contributed by atoms with Crippen molar-refractivity contribution in [2.75, 3.05) is 30.2 Å². The molecule has 2 heterocycles. The smallest absolute Gasteiger partial charge is 0.253 e. The zero-order valence-corrected chi connectivity index (χ0v) is 19.0. The molecule has 1 aliphatic heterocycles. The third-order valence-corrected chi connectivity index (χ3v) is 6.53. The quantitative estimate of drug-likeness (QED) is 0.368. The summed E-state index contributed by atoms with van der Waals surface area (Å²) in [5, 5.41) is 4.56. The summed E-state index contributed by atoms with van der Waals surface area (Å²) in [6, 6.07) is 25.8. The number of benzene rings is 3. The third kappa shape index (κ3) is 4.59. The molecular weight excluding hydrogens is 432 g/mol. The molecule has 1 fully saturated rings. The average Bonchev–Trinajstić information content (AvgIpc) is 2.85. The first-order valence-electron chi connectivity index (χ1n) is 10.8. The Hall–Kier alpha value is -3.71. The first kappa shape index (κ1) is 21.2. The Kier molecular flexibility index (Phi) is 6.04. The monoisotopic (exact) mass is 456 g/mol. The van der Waals surface area contributed by atoms with Gasteiger partial charge in [0.2, 0.25) is 0 Å². The Morgan fingerprint density at radius 2 is 1.79 bits per heavy atom. The molecule has 0 spiro atoms. The Bertz CT molecular complexity index is 1270. The summed E-state index contributed by atoms with van der Waals surface area (Å²) in [6.07, 6.45) is 1.80. The number of fused-ring (bicyclic) bond motifs is 1. The van der Waals surface area contributed by atoms with Crippen LogP contribution in [0.2, 0.25) is 0 Å². The summed E-state index contributed by atoms with van der Waals surface area (Å²) < 4.78 is 8.74. The van der Waals surface area contributed by atoms with E-state index in [-0.39, 0.29) is 11.9 Å². The maximum atomic E-state index is 12.8. The fraction of sp³-hybridized carbons (Fsp3) is 0.154. The van der Waals surface area contributed by atoms with Gasteiger partial charge in [0, 0.05) is 35.9 Å². The van der Waals surface area contributed by atoms with Gasteiger partial charge in [-0.05, 0) is 60.5 Å². The number of nitrogens with zero attached hydrogens (tertiary/aromatic N) is 2. The molecular formula is C26H24N4O2S. The molecule has 5 rings (SSSR count). The van der Waals surface area contributed by atoms with Gasteiger partial charge in [-0.3, -0.25) is 9.78 Å². The first-order chi connectivity index (χ1) is 16.2. The van der Waals surface area contributed by atoms with E-state index in [4.69, 9.17) is 4.74 Å². The van der Waals surface area contributed by atoms with Gasteiger partial charge in [0.25, 0.3) is 5.91 Å². The number of methoxy groups -OCH3 is 1. The lowest BCUT2D eigenvalue weighted by atomic mass is 10.1. The fourth-order valence-corrected chi connectivity index (χ4v) is 4.63. The van der Waals surface area contributed by atoms with E-state index < -0.39 is 0 Å². The normalized spacial score (nSPS) is 13.4. The van der Waals surface area contributed by atoms with Crippen molar-refractivity contribution in [3.05, 3.63) is 90.6 Å². The van der Waals surface area contributed by atoms with Crippen molar-refractivity contribution in [3.8, 4) is 5.75 Å². The highest BCUT2D eigenvalue weighted by molar-refractivity contribution is 8.00. The molecule has 1 aliphatic rings. The number of hydrogen-bond donors (Lipinski definition) is 2. The van der Waals surface area contributed by atoms with E-state index in [1.807, 2.05) is 71.6 Å². The second kappa shape index (κ2) is 9.42. The standard InChI is InChI=1S/C26H24N4O2S/c1-32-23-9-3-2-8-22(23)28-21-16-30(17-21)26(31)19-11-13-20(14-12-19)29-33-24-10-4-6-18-7-5-15-27-25(18)24/h2-15,21,28-29H,16-17H2,1H3. The van der Waals surface area contributed by atoms with Crippen molar-refractivity contribution in [1.82, 2.24) is 9.88 Å². The van der Waals surface area contributed by atoms with Crippen molar-refractivity contribution in [2.45, 2.75) is 10.9 Å². The first-order valence-corrected chi connectivity index (χ1v) is 11.6. The molecule has 0 radical (unpaired) electrons. The van der Waals surface area contributed by atoms with Crippen LogP contribution in [-0.4, -0.2) is 42.0 Å². The summed E-state index contributed by atoms with van der Waals surface area (Å²) in [5.41, 5.74) is 3.54. The second-order valence-corrected chi connectivity index (χ2v) is 8.71. The maximum absolute atomic E-state index is 12.8. The maximum Gasteiger partial charge on any atom is 0.253 e. The molecule has 3 aromatic carbocycles. The van der Waals surface area contributed by atoms with Gasteiger partial charge >= 0.3 is 0 Å². The molecule has 7 heteroatoms. The number of likely N-dealkylation sites (tertiary alicyclic amines) is 1. The molecule has 0 atom stereocenters. The lowest BCUT2D eigenvalue weighted by Gasteiger charge is -2.40. The van der Waals surface area contributed by atoms with Crippen molar-refractivity contribution in [1.29, 1.82) is 0 Å². The highest BCUT2D eigenvalue weighted by Gasteiger charge is 2.31. The fourth-order valence-electron chi connectivity index (χ4n) is 3.86. The number of ether oxygens (including phenoxy) is 1. The van der Waals surface area contributed by atoms with Crippen LogP contribution in [0, 0.1) is 0 Å². The van der Waals surface area contributed by atoms with Crippen LogP contribution in [0.1, 0.15) is 10.4 Å². The lowest BCUT2D eigenvalue weighted by molar-refractivity contribution is 0.0625. The number of carbonyl (C=O) groups is 1. The van der Waals surface area contributed by atoms with Crippen LogP contribution < -0.4 is 14.8 Å². The van der Waals surface area contributed by atoms with E-state index in [0.29, 0.717) is 18.7 Å². The van der Waals surface area contributed by atoms with E-state index in [0.717, 1.165) is 32.9 Å². The second-order valence-electron chi connectivity index (χ2n) is 7.86. The Balaban J connectivity index is 1.16. The SMILES string of the molecule is COc1ccccc1NC1CN(C(=O)c2ccc(NSc3cccc4cccnc34)cc2)C1. The van der Waals surface area contributed by atoms with Crippen LogP contribution >= 0.6 is 11.9 Å². The Morgan fingerprint density at radius 1 is 1.00 bits per heavy atom. The van der Waals surface area contributed by atoms with Crippen LogP contribution in [0.3, 0.4) is 0 Å². The topological polar surface area (TPSA) is 66.5 Å². The molecule has 33 heavy (non-hydrogen) atoms. The van der Waals surface area contributed by atoms with Gasteiger partial charge in [0.05, 0.1) is 29.3 Å². The number of carbonyl (C=O) groups excluding carboxylic acids is 1. The molecule has 2 N–H and O–H groups in total. The molecule has 0 aliphatic carbocycles. The van der Waals surface area contributed by atoms with Crippen molar-refractivity contribution >= 4 is 40.1 Å². The van der Waals surface area contributed by atoms with Gasteiger partial charge in [-0.2, -0.15) is 0 Å². The van der Waals surface area contributed by atoms with E-state index in [2.05, 4.69) is 27.2 Å². The Labute approximate surface area is 197 Å². The molecule has 1 amide bonds. The van der Waals surface area contributed by atoms with Gasteiger partial charge < -0.3 is 19.7 Å². The molecule has 1 aromatic heterocycles. The molecule has 0 unspecified atom stereocenters. The summed E-state index contributed by atoms with van der Waals surface area (Å²) in [4.78, 5) is 20.2. The summed E-state index contributed by atoms with van der Waals surface area (Å²) in [6.45, 7) is 1.33. The van der Waals surface area contributed by atoms with Gasteiger partial charge in [-0.1, -0.05) is 30.3 Å². The van der Waals surface area contributed by atoms with Crippen LogP contribution in [0.15, 0.2) is 90.0 Å².